The molecule has 2 unspecified atom stereocenters. The Kier molecular flexibility index (Phi) is 35.9. The molecule has 0 aliphatic rings. The van der Waals surface area contributed by atoms with Crippen LogP contribution in [0.25, 0.3) is 0 Å². The Morgan fingerprint density at radius 2 is 1.02 bits per heavy atom. The van der Waals surface area contributed by atoms with E-state index >= 15 is 0 Å². The topological polar surface area (TPSA) is 102 Å². The summed E-state index contributed by atoms with van der Waals surface area (Å²) in [7, 11) is 5.39. The number of rotatable bonds is 38. The van der Waals surface area contributed by atoms with Gasteiger partial charge in [0, 0.05) is 19.3 Å². The zero-order valence-electron chi connectivity index (χ0n) is 35.8. The van der Waals surface area contributed by atoms with Crippen molar-refractivity contribution in [3.8, 4) is 0 Å². The van der Waals surface area contributed by atoms with Crippen molar-refractivity contribution in [1.82, 2.24) is 0 Å². The first-order valence-corrected chi connectivity index (χ1v) is 21.8. The largest absolute Gasteiger partial charge is 0.544 e. The smallest absolute Gasteiger partial charge is 0.306 e. The van der Waals surface area contributed by atoms with Crippen LogP contribution < -0.4 is 5.11 Å². The number of hydrogen-bond donors (Lipinski definition) is 0. The summed E-state index contributed by atoms with van der Waals surface area (Å²) in [6, 6.07) is -0.734. The summed E-state index contributed by atoms with van der Waals surface area (Å²) in [4.78, 5) is 36.8. The van der Waals surface area contributed by atoms with Crippen LogP contribution in [0.2, 0.25) is 0 Å². The fourth-order valence-corrected chi connectivity index (χ4v) is 6.05. The standard InChI is InChI=1S/C47H81NO7/c1-6-8-10-12-14-16-18-20-22-23-24-26-27-29-31-33-35-37-45(49)54-42-43(41-53-40-39-44(47(51)52)48(3,4)5)55-46(50)38-36-34-32-30-28-25-21-19-17-15-13-11-9-7-2/h8,10,14,16,20,22,24,26,29,31,43-44H,6-7,9,11-13,15,17-19,21,23,25,27-28,30,32-42H2,1-5H3/b10-8+,16-14+,22-20+,26-24+,31-29+. The molecule has 0 heterocycles. The Bertz CT molecular complexity index is 1090. The van der Waals surface area contributed by atoms with Crippen LogP contribution in [0.1, 0.15) is 168 Å². The number of esters is 2. The van der Waals surface area contributed by atoms with Crippen LogP contribution in [-0.4, -0.2) is 75.5 Å². The van der Waals surface area contributed by atoms with E-state index in [9.17, 15) is 19.5 Å². The summed E-state index contributed by atoms with van der Waals surface area (Å²) in [5.41, 5.74) is 0. The van der Waals surface area contributed by atoms with Gasteiger partial charge in [0.2, 0.25) is 0 Å². The fourth-order valence-electron chi connectivity index (χ4n) is 6.05. The minimum atomic E-state index is -1.13. The number of carboxylic acids is 1. The number of unbranched alkanes of at least 4 members (excludes halogenated alkanes) is 14. The lowest BCUT2D eigenvalue weighted by atomic mass is 10.0. The molecular formula is C47H81NO7. The van der Waals surface area contributed by atoms with Crippen molar-refractivity contribution in [3.05, 3.63) is 60.8 Å². The van der Waals surface area contributed by atoms with E-state index in [2.05, 4.69) is 74.6 Å². The van der Waals surface area contributed by atoms with Gasteiger partial charge in [0.25, 0.3) is 0 Å². The number of hydrogen-bond acceptors (Lipinski definition) is 7. The second-order valence-corrected chi connectivity index (χ2v) is 15.6. The number of likely N-dealkylation sites (N-methyl/N-ethyl adjacent to an activating group) is 1. The molecule has 0 N–H and O–H groups in total. The highest BCUT2D eigenvalue weighted by molar-refractivity contribution is 5.70. The average Bonchev–Trinajstić information content (AvgIpc) is 3.14. The summed E-state index contributed by atoms with van der Waals surface area (Å²) in [6.07, 6.45) is 45.3. The second-order valence-electron chi connectivity index (χ2n) is 15.6. The molecule has 0 rings (SSSR count). The number of carboxylic acid groups (broad SMARTS) is 1. The van der Waals surface area contributed by atoms with Crippen LogP contribution in [0.5, 0.6) is 0 Å². The molecule has 2 atom stereocenters. The van der Waals surface area contributed by atoms with Gasteiger partial charge < -0.3 is 28.6 Å². The molecule has 0 fully saturated rings. The molecule has 8 nitrogen and oxygen atoms in total. The Hall–Kier alpha value is -2.97. The van der Waals surface area contributed by atoms with Gasteiger partial charge >= 0.3 is 11.9 Å². The van der Waals surface area contributed by atoms with Crippen LogP contribution in [-0.2, 0) is 28.6 Å². The Labute approximate surface area is 337 Å². The van der Waals surface area contributed by atoms with E-state index in [0.29, 0.717) is 12.8 Å². The molecule has 55 heavy (non-hydrogen) atoms. The quantitative estimate of drug-likeness (QED) is 0.0266. The third kappa shape index (κ3) is 36.4. The minimum absolute atomic E-state index is 0.0225. The predicted octanol–water partition coefficient (Wildman–Crippen LogP) is 10.5. The first-order chi connectivity index (χ1) is 26.6. The molecule has 0 radical (unpaired) electrons. The van der Waals surface area contributed by atoms with Crippen molar-refractivity contribution in [2.45, 2.75) is 180 Å². The van der Waals surface area contributed by atoms with Crippen molar-refractivity contribution < 1.29 is 38.2 Å². The van der Waals surface area contributed by atoms with Gasteiger partial charge in [-0.3, -0.25) is 9.59 Å². The number of carbonyl (C=O) groups is 3. The van der Waals surface area contributed by atoms with Crippen molar-refractivity contribution in [2.75, 3.05) is 41.0 Å². The van der Waals surface area contributed by atoms with Gasteiger partial charge in [-0.15, -0.1) is 0 Å². The number of nitrogens with zero attached hydrogens (tertiary/aromatic N) is 1. The first kappa shape index (κ1) is 52.0. The average molecular weight is 772 g/mol. The lowest BCUT2D eigenvalue weighted by Gasteiger charge is -2.34. The maximum absolute atomic E-state index is 12.7. The molecule has 0 amide bonds. The van der Waals surface area contributed by atoms with Crippen LogP contribution in [0.4, 0.5) is 0 Å². The van der Waals surface area contributed by atoms with Crippen LogP contribution in [0.3, 0.4) is 0 Å². The predicted molar refractivity (Wildman–Crippen MR) is 226 cm³/mol. The molecule has 0 bridgehead atoms. The fraction of sp³-hybridized carbons (Fsp3) is 0.723. The molecule has 0 spiro atoms. The van der Waals surface area contributed by atoms with Crippen LogP contribution in [0, 0.1) is 0 Å². The van der Waals surface area contributed by atoms with Gasteiger partial charge in [-0.1, -0.05) is 158 Å². The molecule has 0 aliphatic carbocycles. The van der Waals surface area contributed by atoms with Gasteiger partial charge in [0.05, 0.1) is 40.3 Å². The monoisotopic (exact) mass is 772 g/mol. The van der Waals surface area contributed by atoms with E-state index in [1.165, 1.54) is 70.6 Å². The highest BCUT2D eigenvalue weighted by Crippen LogP contribution is 2.14. The van der Waals surface area contributed by atoms with E-state index < -0.39 is 18.1 Å². The van der Waals surface area contributed by atoms with E-state index in [4.69, 9.17) is 14.2 Å². The highest BCUT2D eigenvalue weighted by Gasteiger charge is 2.25. The summed E-state index contributed by atoms with van der Waals surface area (Å²) in [6.45, 7) is 4.48. The van der Waals surface area contributed by atoms with Crippen molar-refractivity contribution in [3.63, 3.8) is 0 Å². The van der Waals surface area contributed by atoms with E-state index in [1.807, 2.05) is 0 Å². The summed E-state index contributed by atoms with van der Waals surface area (Å²) in [5.74, 6) is -1.81. The van der Waals surface area contributed by atoms with Gasteiger partial charge in [-0.2, -0.15) is 0 Å². The van der Waals surface area contributed by atoms with Gasteiger partial charge in [-0.05, 0) is 51.4 Å². The summed E-state index contributed by atoms with van der Waals surface area (Å²) >= 11 is 0. The number of ether oxygens (including phenoxy) is 3. The number of quaternary nitrogens is 1. The Morgan fingerprint density at radius 1 is 0.564 bits per heavy atom. The molecule has 0 aromatic heterocycles. The molecular weight excluding hydrogens is 691 g/mol. The van der Waals surface area contributed by atoms with Gasteiger partial charge in [-0.25, -0.2) is 0 Å². The normalized spacial score (nSPS) is 13.5. The maximum atomic E-state index is 12.7. The van der Waals surface area contributed by atoms with Crippen LogP contribution in [0.15, 0.2) is 60.8 Å². The third-order valence-corrected chi connectivity index (χ3v) is 9.42. The number of aliphatic carboxylic acids is 1. The number of carbonyl (C=O) groups excluding carboxylic acids is 3. The minimum Gasteiger partial charge on any atom is -0.544 e. The zero-order chi connectivity index (χ0) is 40.7. The van der Waals surface area contributed by atoms with E-state index in [0.717, 1.165) is 57.8 Å². The molecule has 0 aromatic carbocycles. The van der Waals surface area contributed by atoms with Gasteiger partial charge in [0.15, 0.2) is 6.10 Å². The van der Waals surface area contributed by atoms with Crippen molar-refractivity contribution in [1.29, 1.82) is 0 Å². The van der Waals surface area contributed by atoms with Crippen molar-refractivity contribution in [2.24, 2.45) is 0 Å². The zero-order valence-corrected chi connectivity index (χ0v) is 35.8. The molecule has 0 saturated carbocycles. The maximum Gasteiger partial charge on any atom is 0.306 e. The van der Waals surface area contributed by atoms with Crippen LogP contribution >= 0.6 is 0 Å². The lowest BCUT2D eigenvalue weighted by molar-refractivity contribution is -0.889. The molecule has 0 aromatic rings. The van der Waals surface area contributed by atoms with Crippen molar-refractivity contribution >= 4 is 17.9 Å². The molecule has 0 aliphatic heterocycles. The highest BCUT2D eigenvalue weighted by atomic mass is 16.6. The van der Waals surface area contributed by atoms with E-state index in [1.54, 1.807) is 21.1 Å². The molecule has 8 heteroatoms. The van der Waals surface area contributed by atoms with Gasteiger partial charge in [0.1, 0.15) is 12.6 Å². The Balaban J connectivity index is 4.45. The molecule has 316 valence electrons. The third-order valence-electron chi connectivity index (χ3n) is 9.42. The summed E-state index contributed by atoms with van der Waals surface area (Å²) in [5, 5.41) is 11.6. The second kappa shape index (κ2) is 37.9. The first-order valence-electron chi connectivity index (χ1n) is 21.8. The summed E-state index contributed by atoms with van der Waals surface area (Å²) < 4.78 is 17.1. The molecule has 0 saturated heterocycles. The number of allylic oxidation sites excluding steroid dienone is 10. The Morgan fingerprint density at radius 3 is 1.49 bits per heavy atom. The SMILES string of the molecule is CC/C=C/C/C=C/C/C=C/C/C=C/C/C=C/CCCC(=O)OCC(COCCC(C(=O)[O-])[N+](C)(C)C)OC(=O)CCCCCCCCCCCCCCCC. The van der Waals surface area contributed by atoms with E-state index in [-0.39, 0.29) is 49.1 Å². The lowest BCUT2D eigenvalue weighted by Crippen LogP contribution is -2.55.